The summed E-state index contributed by atoms with van der Waals surface area (Å²) in [7, 11) is 0. The van der Waals surface area contributed by atoms with Crippen molar-refractivity contribution in [1.82, 2.24) is 16.0 Å². The zero-order valence-corrected chi connectivity index (χ0v) is 11.7. The van der Waals surface area contributed by atoms with Crippen molar-refractivity contribution in [2.24, 2.45) is 0 Å². The quantitative estimate of drug-likeness (QED) is 0.897. The van der Waals surface area contributed by atoms with Crippen LogP contribution in [0.4, 0.5) is 8.78 Å². The Morgan fingerprint density at radius 1 is 1.19 bits per heavy atom. The first-order valence-corrected chi connectivity index (χ1v) is 6.51. The minimum Gasteiger partial charge on any atom is -0.433 e. The summed E-state index contributed by atoms with van der Waals surface area (Å²) in [6.45, 7) is 2.69. The van der Waals surface area contributed by atoms with Crippen LogP contribution in [0.25, 0.3) is 5.57 Å². The van der Waals surface area contributed by atoms with Gasteiger partial charge in [-0.15, -0.1) is 5.53 Å². The van der Waals surface area contributed by atoms with Gasteiger partial charge in [0.25, 0.3) is 0 Å². The van der Waals surface area contributed by atoms with E-state index in [-0.39, 0.29) is 5.75 Å². The fourth-order valence-electron chi connectivity index (χ4n) is 2.20. The Labute approximate surface area is 121 Å². The van der Waals surface area contributed by atoms with Crippen LogP contribution < -0.4 is 15.7 Å². The van der Waals surface area contributed by atoms with Crippen LogP contribution in [0.15, 0.2) is 54.0 Å². The van der Waals surface area contributed by atoms with Crippen LogP contribution in [0.5, 0.6) is 5.75 Å². The second kappa shape index (κ2) is 4.89. The molecule has 4 nitrogen and oxygen atoms in total. The molecule has 0 aliphatic carbocycles. The van der Waals surface area contributed by atoms with Crippen molar-refractivity contribution in [2.45, 2.75) is 20.0 Å². The number of nitrogens with zero attached hydrogens (tertiary/aromatic N) is 1. The van der Waals surface area contributed by atoms with E-state index < -0.39 is 6.11 Å². The van der Waals surface area contributed by atoms with Gasteiger partial charge in [0.2, 0.25) is 0 Å². The maximum atomic E-state index is 12.8. The van der Waals surface area contributed by atoms with E-state index in [1.165, 1.54) is 0 Å². The smallest absolute Gasteiger partial charge is 0.394 e. The lowest BCUT2D eigenvalue weighted by molar-refractivity contribution is -0.158. The van der Waals surface area contributed by atoms with Crippen LogP contribution in [0.1, 0.15) is 19.4 Å². The number of hydrazine groups is 2. The Morgan fingerprint density at radius 2 is 1.90 bits per heavy atom. The molecule has 6 heteroatoms. The molecule has 1 aromatic rings. The normalized spacial score (nSPS) is 17.5. The van der Waals surface area contributed by atoms with Gasteiger partial charge in [0.1, 0.15) is 5.75 Å². The highest BCUT2D eigenvalue weighted by atomic mass is 19.3. The third-order valence-electron chi connectivity index (χ3n) is 3.19. The summed E-state index contributed by atoms with van der Waals surface area (Å²) in [6, 6.07) is 6.61. The lowest BCUT2D eigenvalue weighted by atomic mass is 10.0. The van der Waals surface area contributed by atoms with Crippen molar-refractivity contribution in [3.63, 3.8) is 0 Å². The van der Waals surface area contributed by atoms with Gasteiger partial charge in [0, 0.05) is 13.1 Å². The van der Waals surface area contributed by atoms with E-state index in [1.807, 2.05) is 30.3 Å². The van der Waals surface area contributed by atoms with Crippen LogP contribution in [-0.2, 0) is 0 Å². The zero-order valence-electron chi connectivity index (χ0n) is 11.7. The number of rotatable bonds is 3. The first-order chi connectivity index (χ1) is 9.92. The molecule has 0 atom stereocenters. The van der Waals surface area contributed by atoms with Crippen molar-refractivity contribution in [1.29, 1.82) is 0 Å². The summed E-state index contributed by atoms with van der Waals surface area (Å²) < 4.78 is 30.1. The fraction of sp³-hybridized carbons (Fsp3) is 0.200. The van der Waals surface area contributed by atoms with Crippen LogP contribution in [0, 0.1) is 0 Å². The van der Waals surface area contributed by atoms with Crippen molar-refractivity contribution < 1.29 is 13.5 Å². The molecule has 0 radical (unpaired) electrons. The van der Waals surface area contributed by atoms with Crippen molar-refractivity contribution in [2.75, 3.05) is 0 Å². The number of halogens is 2. The minimum absolute atomic E-state index is 0.146. The van der Waals surface area contributed by atoms with Gasteiger partial charge in [0.15, 0.2) is 0 Å². The Kier molecular flexibility index (Phi) is 3.17. The SMILES string of the molecule is CC1=C2C=C(c3ccc(OC(C)(F)F)cc3)C=CN2NN1. The number of alkyl halides is 2. The molecule has 0 fully saturated rings. The number of hydrogen-bond acceptors (Lipinski definition) is 4. The molecule has 0 saturated carbocycles. The Morgan fingerprint density at radius 3 is 2.57 bits per heavy atom. The van der Waals surface area contributed by atoms with Crippen molar-refractivity contribution in [3.05, 3.63) is 59.6 Å². The molecule has 0 aromatic heterocycles. The van der Waals surface area contributed by atoms with Gasteiger partial charge in [-0.2, -0.15) is 8.78 Å². The van der Waals surface area contributed by atoms with Crippen LogP contribution in [0.3, 0.4) is 0 Å². The summed E-state index contributed by atoms with van der Waals surface area (Å²) >= 11 is 0. The van der Waals surface area contributed by atoms with E-state index in [0.29, 0.717) is 0 Å². The molecule has 0 spiro atoms. The molecule has 110 valence electrons. The molecule has 2 aliphatic heterocycles. The van der Waals surface area contributed by atoms with Crippen LogP contribution in [0.2, 0.25) is 0 Å². The molecule has 2 heterocycles. The predicted octanol–water partition coefficient (Wildman–Crippen LogP) is 3.15. The first-order valence-electron chi connectivity index (χ1n) is 6.51. The predicted molar refractivity (Wildman–Crippen MR) is 75.6 cm³/mol. The van der Waals surface area contributed by atoms with E-state index in [4.69, 9.17) is 0 Å². The maximum absolute atomic E-state index is 12.8. The minimum atomic E-state index is -3.17. The lowest BCUT2D eigenvalue weighted by Gasteiger charge is -2.19. The molecule has 0 bridgehead atoms. The van der Waals surface area contributed by atoms with E-state index in [9.17, 15) is 8.78 Å². The molecule has 3 rings (SSSR count). The molecule has 0 saturated heterocycles. The molecule has 2 N–H and O–H groups in total. The van der Waals surface area contributed by atoms with Gasteiger partial charge in [-0.25, -0.2) is 0 Å². The third-order valence-corrected chi connectivity index (χ3v) is 3.19. The van der Waals surface area contributed by atoms with E-state index >= 15 is 0 Å². The molecular formula is C15H15F2N3O. The van der Waals surface area contributed by atoms with E-state index in [1.54, 1.807) is 24.3 Å². The topological polar surface area (TPSA) is 36.5 Å². The largest absolute Gasteiger partial charge is 0.433 e. The fourth-order valence-corrected chi connectivity index (χ4v) is 2.20. The number of hydrogen-bond donors (Lipinski definition) is 2. The molecular weight excluding hydrogens is 276 g/mol. The number of ether oxygens (including phenoxy) is 1. The Bertz CT molecular complexity index is 642. The average molecular weight is 291 g/mol. The van der Waals surface area contributed by atoms with Gasteiger partial charge in [-0.1, -0.05) is 12.1 Å². The standard InChI is InChI=1S/C15H15F2N3O/c1-10-14-9-12(7-8-20(14)19-18-10)11-3-5-13(6-4-11)21-15(2,16)17/h3-9,18-19H,1-2H3. The Balaban J connectivity index is 1.83. The monoisotopic (exact) mass is 291 g/mol. The second-order valence-corrected chi connectivity index (χ2v) is 4.97. The summed E-state index contributed by atoms with van der Waals surface area (Å²) in [4.78, 5) is 0. The maximum Gasteiger partial charge on any atom is 0.394 e. The molecule has 0 unspecified atom stereocenters. The number of allylic oxidation sites excluding steroid dienone is 4. The van der Waals surface area contributed by atoms with Crippen molar-refractivity contribution >= 4 is 5.57 Å². The van der Waals surface area contributed by atoms with Gasteiger partial charge in [-0.05, 0) is 42.3 Å². The molecule has 1 aromatic carbocycles. The van der Waals surface area contributed by atoms with Crippen LogP contribution >= 0.6 is 0 Å². The lowest BCUT2D eigenvalue weighted by Crippen LogP contribution is -2.34. The van der Waals surface area contributed by atoms with Gasteiger partial charge in [0.05, 0.1) is 11.4 Å². The van der Waals surface area contributed by atoms with Crippen molar-refractivity contribution in [3.8, 4) is 5.75 Å². The molecule has 0 amide bonds. The Hall–Kier alpha value is -2.34. The summed E-state index contributed by atoms with van der Waals surface area (Å²) in [5.74, 6) is 0.146. The zero-order chi connectivity index (χ0) is 15.0. The number of benzene rings is 1. The summed E-state index contributed by atoms with van der Waals surface area (Å²) in [6.07, 6.45) is 2.70. The van der Waals surface area contributed by atoms with Gasteiger partial charge in [-0.3, -0.25) is 5.01 Å². The van der Waals surface area contributed by atoms with E-state index in [2.05, 4.69) is 15.7 Å². The number of nitrogens with one attached hydrogen (secondary N) is 2. The highest BCUT2D eigenvalue weighted by Crippen LogP contribution is 2.28. The average Bonchev–Trinajstić information content (AvgIpc) is 2.79. The van der Waals surface area contributed by atoms with Crippen LogP contribution in [-0.4, -0.2) is 11.1 Å². The molecule has 2 aliphatic rings. The highest BCUT2D eigenvalue weighted by molar-refractivity contribution is 5.77. The molecule has 21 heavy (non-hydrogen) atoms. The van der Waals surface area contributed by atoms with Gasteiger partial charge < -0.3 is 10.2 Å². The van der Waals surface area contributed by atoms with E-state index in [0.717, 1.165) is 29.5 Å². The summed E-state index contributed by atoms with van der Waals surface area (Å²) in [5.41, 5.74) is 9.99. The first kappa shape index (κ1) is 13.6. The highest BCUT2D eigenvalue weighted by Gasteiger charge is 2.23. The third kappa shape index (κ3) is 2.90. The summed E-state index contributed by atoms with van der Waals surface area (Å²) in [5, 5.41) is 1.87. The number of fused-ring (bicyclic) bond motifs is 1. The van der Waals surface area contributed by atoms with Gasteiger partial charge >= 0.3 is 6.11 Å². The second-order valence-electron chi connectivity index (χ2n) is 4.97.